The Morgan fingerprint density at radius 3 is 2.75 bits per heavy atom. The lowest BCUT2D eigenvalue weighted by atomic mass is 10.2. The summed E-state index contributed by atoms with van der Waals surface area (Å²) in [5.41, 5.74) is 0.913. The van der Waals surface area contributed by atoms with Crippen molar-refractivity contribution in [2.24, 2.45) is 7.05 Å². The summed E-state index contributed by atoms with van der Waals surface area (Å²) in [5, 5.41) is 6.27. The second-order valence-corrected chi connectivity index (χ2v) is 5.86. The Hall–Kier alpha value is -1.78. The fourth-order valence-corrected chi connectivity index (χ4v) is 3.07. The van der Waals surface area contributed by atoms with E-state index in [-0.39, 0.29) is 6.04 Å². The molecule has 0 aliphatic carbocycles. The van der Waals surface area contributed by atoms with Crippen LogP contribution in [0.15, 0.2) is 54.2 Å². The zero-order valence-electron chi connectivity index (χ0n) is 11.0. The van der Waals surface area contributed by atoms with Crippen LogP contribution in [-0.4, -0.2) is 9.55 Å². The Morgan fingerprint density at radius 2 is 2.10 bits per heavy atom. The molecule has 0 spiro atoms. The third kappa shape index (κ3) is 2.57. The molecule has 1 N–H and O–H groups in total. The van der Waals surface area contributed by atoms with Gasteiger partial charge in [-0.15, -0.1) is 11.3 Å². The van der Waals surface area contributed by atoms with E-state index in [2.05, 4.69) is 21.7 Å². The van der Waals surface area contributed by atoms with Gasteiger partial charge in [0.1, 0.15) is 11.9 Å². The Labute approximate surface area is 126 Å². The molecule has 0 bridgehead atoms. The van der Waals surface area contributed by atoms with Gasteiger partial charge in [-0.25, -0.2) is 4.98 Å². The third-order valence-corrected chi connectivity index (χ3v) is 4.38. The summed E-state index contributed by atoms with van der Waals surface area (Å²) in [4.78, 5) is 5.67. The molecule has 1 unspecified atom stereocenters. The van der Waals surface area contributed by atoms with Gasteiger partial charge in [-0.3, -0.25) is 0 Å². The zero-order chi connectivity index (χ0) is 13.9. The van der Waals surface area contributed by atoms with E-state index in [1.165, 1.54) is 4.88 Å². The molecular formula is C15H14ClN3S. The van der Waals surface area contributed by atoms with Crippen LogP contribution >= 0.6 is 22.9 Å². The van der Waals surface area contributed by atoms with Gasteiger partial charge in [0, 0.05) is 24.3 Å². The van der Waals surface area contributed by atoms with Gasteiger partial charge >= 0.3 is 0 Å². The summed E-state index contributed by atoms with van der Waals surface area (Å²) < 4.78 is 2.02. The maximum atomic E-state index is 6.24. The fraction of sp³-hybridized carbons (Fsp3) is 0.133. The minimum Gasteiger partial charge on any atom is -0.370 e. The van der Waals surface area contributed by atoms with Gasteiger partial charge in [-0.1, -0.05) is 29.8 Å². The van der Waals surface area contributed by atoms with Crippen LogP contribution in [0, 0.1) is 0 Å². The second kappa shape index (κ2) is 5.69. The van der Waals surface area contributed by atoms with Gasteiger partial charge in [-0.05, 0) is 23.6 Å². The molecule has 0 saturated carbocycles. The van der Waals surface area contributed by atoms with Crippen molar-refractivity contribution in [1.29, 1.82) is 0 Å². The highest BCUT2D eigenvalue weighted by Gasteiger charge is 2.19. The maximum Gasteiger partial charge on any atom is 0.136 e. The molecule has 1 aromatic carbocycles. The first-order valence-corrected chi connectivity index (χ1v) is 7.53. The number of nitrogens with one attached hydrogen (secondary N) is 1. The summed E-state index contributed by atoms with van der Waals surface area (Å²) in [6.07, 6.45) is 3.76. The molecule has 0 aliphatic heterocycles. The maximum absolute atomic E-state index is 6.24. The standard InChI is InChI=1S/C15H14ClN3S/c1-19-9-8-17-15(19)14(13-7-4-10-20-13)18-12-6-3-2-5-11(12)16/h2-10,14,18H,1H3. The number of rotatable bonds is 4. The number of para-hydroxylation sites is 1. The average molecular weight is 304 g/mol. The van der Waals surface area contributed by atoms with Crippen LogP contribution in [-0.2, 0) is 7.05 Å². The number of benzene rings is 1. The second-order valence-electron chi connectivity index (χ2n) is 4.47. The van der Waals surface area contributed by atoms with Crippen LogP contribution in [0.2, 0.25) is 5.02 Å². The molecule has 3 aromatic rings. The van der Waals surface area contributed by atoms with Crippen molar-refractivity contribution in [1.82, 2.24) is 9.55 Å². The molecule has 0 aliphatic rings. The molecule has 3 rings (SSSR count). The van der Waals surface area contributed by atoms with E-state index in [1.807, 2.05) is 54.3 Å². The third-order valence-electron chi connectivity index (χ3n) is 3.12. The monoisotopic (exact) mass is 303 g/mol. The summed E-state index contributed by atoms with van der Waals surface area (Å²) in [6.45, 7) is 0. The summed E-state index contributed by atoms with van der Waals surface area (Å²) in [5.74, 6) is 0.965. The molecule has 0 amide bonds. The molecule has 2 aromatic heterocycles. The fourth-order valence-electron chi connectivity index (χ4n) is 2.11. The molecule has 1 atom stereocenters. The molecule has 102 valence electrons. The van der Waals surface area contributed by atoms with Gasteiger partial charge in [0.05, 0.1) is 10.7 Å². The van der Waals surface area contributed by atoms with Gasteiger partial charge < -0.3 is 9.88 Å². The summed E-state index contributed by atoms with van der Waals surface area (Å²) in [7, 11) is 2.00. The highest BCUT2D eigenvalue weighted by Crippen LogP contribution is 2.31. The summed E-state index contributed by atoms with van der Waals surface area (Å²) >= 11 is 7.95. The van der Waals surface area contributed by atoms with E-state index in [1.54, 1.807) is 11.3 Å². The topological polar surface area (TPSA) is 29.9 Å². The molecule has 20 heavy (non-hydrogen) atoms. The smallest absolute Gasteiger partial charge is 0.136 e. The molecule has 0 fully saturated rings. The zero-order valence-corrected chi connectivity index (χ0v) is 12.5. The highest BCUT2D eigenvalue weighted by atomic mass is 35.5. The first-order chi connectivity index (χ1) is 9.75. The Bertz CT molecular complexity index is 691. The molecule has 2 heterocycles. The van der Waals surface area contributed by atoms with Crippen molar-refractivity contribution < 1.29 is 0 Å². The van der Waals surface area contributed by atoms with Crippen molar-refractivity contribution in [3.63, 3.8) is 0 Å². The highest BCUT2D eigenvalue weighted by molar-refractivity contribution is 7.10. The van der Waals surface area contributed by atoms with E-state index in [9.17, 15) is 0 Å². The Balaban J connectivity index is 1.99. The van der Waals surface area contributed by atoms with Crippen molar-refractivity contribution >= 4 is 28.6 Å². The number of hydrogen-bond acceptors (Lipinski definition) is 3. The normalized spacial score (nSPS) is 12.3. The van der Waals surface area contributed by atoms with Gasteiger partial charge in [0.25, 0.3) is 0 Å². The lowest BCUT2D eigenvalue weighted by molar-refractivity contribution is 0.756. The predicted octanol–water partition coefficient (Wildman–Crippen LogP) is 4.34. The van der Waals surface area contributed by atoms with E-state index in [4.69, 9.17) is 11.6 Å². The van der Waals surface area contributed by atoms with Crippen LogP contribution in [0.5, 0.6) is 0 Å². The number of halogens is 1. The van der Waals surface area contributed by atoms with Gasteiger partial charge in [0.2, 0.25) is 0 Å². The van der Waals surface area contributed by atoms with E-state index in [0.717, 1.165) is 11.5 Å². The number of thiophene rings is 1. The van der Waals surface area contributed by atoms with Crippen LogP contribution in [0.1, 0.15) is 16.7 Å². The quantitative estimate of drug-likeness (QED) is 0.777. The van der Waals surface area contributed by atoms with Crippen LogP contribution in [0.4, 0.5) is 5.69 Å². The molecule has 0 radical (unpaired) electrons. The number of anilines is 1. The van der Waals surface area contributed by atoms with Crippen molar-refractivity contribution in [3.05, 3.63) is 69.9 Å². The van der Waals surface area contributed by atoms with Crippen molar-refractivity contribution in [3.8, 4) is 0 Å². The molecule has 3 nitrogen and oxygen atoms in total. The van der Waals surface area contributed by atoms with E-state index in [0.29, 0.717) is 5.02 Å². The van der Waals surface area contributed by atoms with Gasteiger partial charge in [0.15, 0.2) is 0 Å². The summed E-state index contributed by atoms with van der Waals surface area (Å²) in [6, 6.07) is 11.9. The minimum absolute atomic E-state index is 0.00472. The van der Waals surface area contributed by atoms with Crippen molar-refractivity contribution in [2.45, 2.75) is 6.04 Å². The number of hydrogen-bond donors (Lipinski definition) is 1. The molecular weight excluding hydrogens is 290 g/mol. The number of imidazole rings is 1. The van der Waals surface area contributed by atoms with Crippen LogP contribution < -0.4 is 5.32 Å². The Morgan fingerprint density at radius 1 is 1.25 bits per heavy atom. The number of nitrogens with zero attached hydrogens (tertiary/aromatic N) is 2. The Kier molecular flexibility index (Phi) is 3.76. The number of aromatic nitrogens is 2. The molecule has 0 saturated heterocycles. The lowest BCUT2D eigenvalue weighted by Crippen LogP contribution is -2.15. The molecule has 5 heteroatoms. The van der Waals surface area contributed by atoms with Crippen LogP contribution in [0.3, 0.4) is 0 Å². The first-order valence-electron chi connectivity index (χ1n) is 6.27. The SMILES string of the molecule is Cn1ccnc1C(Nc1ccccc1Cl)c1cccs1. The van der Waals surface area contributed by atoms with Crippen molar-refractivity contribution in [2.75, 3.05) is 5.32 Å². The lowest BCUT2D eigenvalue weighted by Gasteiger charge is -2.19. The van der Waals surface area contributed by atoms with Crippen LogP contribution in [0.25, 0.3) is 0 Å². The van der Waals surface area contributed by atoms with E-state index < -0.39 is 0 Å². The van der Waals surface area contributed by atoms with E-state index >= 15 is 0 Å². The average Bonchev–Trinajstić information content (AvgIpc) is 3.10. The first kappa shape index (κ1) is 13.2. The minimum atomic E-state index is -0.00472. The number of aryl methyl sites for hydroxylation is 1. The largest absolute Gasteiger partial charge is 0.370 e. The predicted molar refractivity (Wildman–Crippen MR) is 84.4 cm³/mol. The van der Waals surface area contributed by atoms with Gasteiger partial charge in [-0.2, -0.15) is 0 Å².